The van der Waals surface area contributed by atoms with Gasteiger partial charge in [0.25, 0.3) is 0 Å². The summed E-state index contributed by atoms with van der Waals surface area (Å²) in [7, 11) is 0. The SMILES string of the molecule is CC(NC(=O)CC1CCCCC1)C(=O)NCc1ccc2c(c1)CNC2. The van der Waals surface area contributed by atoms with Gasteiger partial charge in [0.1, 0.15) is 6.04 Å². The summed E-state index contributed by atoms with van der Waals surface area (Å²) >= 11 is 0. The normalized spacial score (nSPS) is 18.4. The Bertz CT molecular complexity index is 623. The van der Waals surface area contributed by atoms with Crippen LogP contribution in [-0.2, 0) is 29.2 Å². The third-order valence-corrected chi connectivity index (χ3v) is 5.34. The van der Waals surface area contributed by atoms with Crippen LogP contribution in [0.5, 0.6) is 0 Å². The van der Waals surface area contributed by atoms with Crippen molar-refractivity contribution in [3.8, 4) is 0 Å². The average Bonchev–Trinajstić information content (AvgIpc) is 3.08. The predicted octanol–water partition coefficient (Wildman–Crippen LogP) is 2.38. The quantitative estimate of drug-likeness (QED) is 0.743. The van der Waals surface area contributed by atoms with Gasteiger partial charge in [0.2, 0.25) is 11.8 Å². The van der Waals surface area contributed by atoms with Gasteiger partial charge in [0.15, 0.2) is 0 Å². The van der Waals surface area contributed by atoms with Crippen LogP contribution in [0, 0.1) is 5.92 Å². The van der Waals surface area contributed by atoms with Crippen molar-refractivity contribution in [3.63, 3.8) is 0 Å². The van der Waals surface area contributed by atoms with E-state index in [2.05, 4.69) is 34.1 Å². The van der Waals surface area contributed by atoms with Crippen LogP contribution in [0.1, 0.15) is 62.1 Å². The lowest BCUT2D eigenvalue weighted by molar-refractivity contribution is -0.129. The molecule has 1 aromatic carbocycles. The highest BCUT2D eigenvalue weighted by atomic mass is 16.2. The number of hydrogen-bond donors (Lipinski definition) is 3. The number of carbonyl (C=O) groups is 2. The van der Waals surface area contributed by atoms with E-state index in [1.165, 1.54) is 30.4 Å². The maximum atomic E-state index is 12.2. The lowest BCUT2D eigenvalue weighted by Gasteiger charge is -2.22. The molecule has 0 radical (unpaired) electrons. The summed E-state index contributed by atoms with van der Waals surface area (Å²) in [6.07, 6.45) is 6.57. The highest BCUT2D eigenvalue weighted by molar-refractivity contribution is 5.87. The number of benzene rings is 1. The summed E-state index contributed by atoms with van der Waals surface area (Å²) in [5, 5.41) is 9.09. The maximum Gasteiger partial charge on any atom is 0.242 e. The first kappa shape index (κ1) is 17.9. The fraction of sp³-hybridized carbons (Fsp3) is 0.600. The number of carbonyl (C=O) groups excluding carboxylic acids is 2. The molecule has 1 unspecified atom stereocenters. The summed E-state index contributed by atoms with van der Waals surface area (Å²) in [5.41, 5.74) is 3.73. The second kappa shape index (κ2) is 8.48. The Hall–Kier alpha value is -1.88. The van der Waals surface area contributed by atoms with Crippen molar-refractivity contribution in [2.45, 2.75) is 71.1 Å². The zero-order chi connectivity index (χ0) is 17.6. The molecule has 1 aliphatic carbocycles. The van der Waals surface area contributed by atoms with Crippen molar-refractivity contribution >= 4 is 11.8 Å². The van der Waals surface area contributed by atoms with Crippen molar-refractivity contribution < 1.29 is 9.59 Å². The van der Waals surface area contributed by atoms with Crippen molar-refractivity contribution in [2.24, 2.45) is 5.92 Å². The molecular formula is C20H29N3O2. The van der Waals surface area contributed by atoms with E-state index < -0.39 is 6.04 Å². The highest BCUT2D eigenvalue weighted by Crippen LogP contribution is 2.26. The largest absolute Gasteiger partial charge is 0.350 e. The van der Waals surface area contributed by atoms with Crippen LogP contribution in [0.25, 0.3) is 0 Å². The number of fused-ring (bicyclic) bond motifs is 1. The summed E-state index contributed by atoms with van der Waals surface area (Å²) in [4.78, 5) is 24.4. The van der Waals surface area contributed by atoms with Gasteiger partial charge in [-0.2, -0.15) is 0 Å². The standard InChI is InChI=1S/C20H29N3O2/c1-14(23-19(24)10-15-5-3-2-4-6-15)20(25)22-11-16-7-8-17-12-21-13-18(17)9-16/h7-9,14-15,21H,2-6,10-13H2,1H3,(H,22,25)(H,23,24). The van der Waals surface area contributed by atoms with E-state index in [0.29, 0.717) is 18.9 Å². The van der Waals surface area contributed by atoms with Crippen molar-refractivity contribution in [2.75, 3.05) is 0 Å². The van der Waals surface area contributed by atoms with Gasteiger partial charge in [-0.1, -0.05) is 37.5 Å². The molecule has 0 bridgehead atoms. The molecule has 136 valence electrons. The molecule has 1 aromatic rings. The molecule has 3 N–H and O–H groups in total. The molecule has 3 rings (SSSR count). The van der Waals surface area contributed by atoms with Crippen LogP contribution in [0.2, 0.25) is 0 Å². The molecule has 2 amide bonds. The van der Waals surface area contributed by atoms with E-state index in [1.54, 1.807) is 6.92 Å². The Morgan fingerprint density at radius 3 is 2.72 bits per heavy atom. The number of hydrogen-bond acceptors (Lipinski definition) is 3. The maximum absolute atomic E-state index is 12.2. The average molecular weight is 343 g/mol. The first-order valence-electron chi connectivity index (χ1n) is 9.50. The first-order chi connectivity index (χ1) is 12.1. The molecule has 5 nitrogen and oxygen atoms in total. The Morgan fingerprint density at radius 1 is 1.16 bits per heavy atom. The van der Waals surface area contributed by atoms with E-state index in [-0.39, 0.29) is 11.8 Å². The van der Waals surface area contributed by atoms with E-state index in [4.69, 9.17) is 0 Å². The van der Waals surface area contributed by atoms with Crippen molar-refractivity contribution in [1.29, 1.82) is 0 Å². The monoisotopic (exact) mass is 343 g/mol. The van der Waals surface area contributed by atoms with Gasteiger partial charge >= 0.3 is 0 Å². The molecule has 1 atom stereocenters. The van der Waals surface area contributed by atoms with Gasteiger partial charge in [-0.25, -0.2) is 0 Å². The van der Waals surface area contributed by atoms with Gasteiger partial charge in [0.05, 0.1) is 0 Å². The van der Waals surface area contributed by atoms with Crippen molar-refractivity contribution in [3.05, 3.63) is 34.9 Å². The first-order valence-corrected chi connectivity index (χ1v) is 9.50. The molecule has 1 saturated carbocycles. The topological polar surface area (TPSA) is 70.2 Å². The van der Waals surface area contributed by atoms with Crippen LogP contribution < -0.4 is 16.0 Å². The predicted molar refractivity (Wildman–Crippen MR) is 97.6 cm³/mol. The van der Waals surface area contributed by atoms with Gasteiger partial charge in [0, 0.05) is 26.1 Å². The van der Waals surface area contributed by atoms with E-state index in [1.807, 2.05) is 0 Å². The van der Waals surface area contributed by atoms with Crippen molar-refractivity contribution in [1.82, 2.24) is 16.0 Å². The van der Waals surface area contributed by atoms with E-state index >= 15 is 0 Å². The van der Waals surface area contributed by atoms with Gasteiger partial charge < -0.3 is 16.0 Å². The van der Waals surface area contributed by atoms with Crippen LogP contribution in [0.15, 0.2) is 18.2 Å². The second-order valence-electron chi connectivity index (χ2n) is 7.42. The minimum atomic E-state index is -0.493. The smallest absolute Gasteiger partial charge is 0.242 e. The summed E-state index contributed by atoms with van der Waals surface area (Å²) < 4.78 is 0. The molecule has 5 heteroatoms. The molecule has 1 aliphatic heterocycles. The lowest BCUT2D eigenvalue weighted by Crippen LogP contribution is -2.45. The Balaban J connectivity index is 1.42. The summed E-state index contributed by atoms with van der Waals surface area (Å²) in [6.45, 7) is 4.06. The minimum absolute atomic E-state index is 0.00171. The molecular weight excluding hydrogens is 314 g/mol. The van der Waals surface area contributed by atoms with Crippen LogP contribution in [0.3, 0.4) is 0 Å². The number of nitrogens with one attached hydrogen (secondary N) is 3. The fourth-order valence-electron chi connectivity index (χ4n) is 3.82. The van der Waals surface area contributed by atoms with Gasteiger partial charge in [-0.05, 0) is 42.4 Å². The van der Waals surface area contributed by atoms with Crippen LogP contribution in [-0.4, -0.2) is 17.9 Å². The fourth-order valence-corrected chi connectivity index (χ4v) is 3.82. The van der Waals surface area contributed by atoms with Crippen LogP contribution >= 0.6 is 0 Å². The molecule has 1 heterocycles. The van der Waals surface area contributed by atoms with Gasteiger partial charge in [-0.15, -0.1) is 0 Å². The molecule has 0 spiro atoms. The second-order valence-corrected chi connectivity index (χ2v) is 7.42. The highest BCUT2D eigenvalue weighted by Gasteiger charge is 2.20. The van der Waals surface area contributed by atoms with E-state index in [0.717, 1.165) is 31.5 Å². The molecule has 2 aliphatic rings. The zero-order valence-electron chi connectivity index (χ0n) is 15.1. The molecule has 0 saturated heterocycles. The summed E-state index contributed by atoms with van der Waals surface area (Å²) in [6, 6.07) is 5.82. The van der Waals surface area contributed by atoms with E-state index in [9.17, 15) is 9.59 Å². The Kier molecular flexibility index (Phi) is 6.08. The number of amides is 2. The molecule has 1 fully saturated rings. The lowest BCUT2D eigenvalue weighted by atomic mass is 9.87. The van der Waals surface area contributed by atoms with Crippen LogP contribution in [0.4, 0.5) is 0 Å². The van der Waals surface area contributed by atoms with Gasteiger partial charge in [-0.3, -0.25) is 9.59 Å². The Morgan fingerprint density at radius 2 is 1.92 bits per heavy atom. The third-order valence-electron chi connectivity index (χ3n) is 5.34. The number of rotatable bonds is 6. The summed E-state index contributed by atoms with van der Waals surface area (Å²) in [5.74, 6) is 0.359. The zero-order valence-corrected chi connectivity index (χ0v) is 15.1. The minimum Gasteiger partial charge on any atom is -0.350 e. The third kappa shape index (κ3) is 5.05. The Labute approximate surface area is 150 Å². The molecule has 0 aromatic heterocycles. The molecule has 25 heavy (non-hydrogen) atoms.